The van der Waals surface area contributed by atoms with E-state index in [0.717, 1.165) is 22.3 Å². The molecule has 3 N–H and O–H groups in total. The number of hydrogen-bond acceptors (Lipinski definition) is 5. The van der Waals surface area contributed by atoms with Crippen LogP contribution >= 0.6 is 0 Å². The van der Waals surface area contributed by atoms with Crippen molar-refractivity contribution in [2.75, 3.05) is 6.61 Å². The van der Waals surface area contributed by atoms with Crippen molar-refractivity contribution in [3.8, 4) is 11.1 Å². The molecule has 0 aliphatic heterocycles. The van der Waals surface area contributed by atoms with Crippen LogP contribution in [0, 0.1) is 5.92 Å². The Morgan fingerprint density at radius 2 is 1.63 bits per heavy atom. The summed E-state index contributed by atoms with van der Waals surface area (Å²) in [5.41, 5.74) is 5.27. The van der Waals surface area contributed by atoms with Crippen LogP contribution in [-0.4, -0.2) is 40.7 Å². The lowest BCUT2D eigenvalue weighted by Crippen LogP contribution is -2.44. The third-order valence-corrected chi connectivity index (χ3v) is 6.06. The summed E-state index contributed by atoms with van der Waals surface area (Å²) in [5.74, 6) is -1.93. The Morgan fingerprint density at radius 3 is 2.23 bits per heavy atom. The highest BCUT2D eigenvalue weighted by molar-refractivity contribution is 5.96. The van der Waals surface area contributed by atoms with Crippen LogP contribution in [-0.2, 0) is 16.1 Å². The van der Waals surface area contributed by atoms with Crippen LogP contribution in [0.25, 0.3) is 11.1 Å². The SMILES string of the molecule is CC(C)[C@H](NC(=O)c1ccnc(CNC(=O)OCC2c3ccccc3-c3ccccc32)c1)C(=O)O. The van der Waals surface area contributed by atoms with Crippen LogP contribution in [0.1, 0.15) is 46.9 Å². The van der Waals surface area contributed by atoms with E-state index in [4.69, 9.17) is 4.74 Å². The number of ether oxygens (including phenoxy) is 1. The number of nitrogens with one attached hydrogen (secondary N) is 2. The predicted octanol–water partition coefficient (Wildman–Crippen LogP) is 3.96. The Kier molecular flexibility index (Phi) is 7.10. The second-order valence-electron chi connectivity index (χ2n) is 8.75. The summed E-state index contributed by atoms with van der Waals surface area (Å²) in [6.45, 7) is 3.69. The van der Waals surface area contributed by atoms with Gasteiger partial charge in [-0.1, -0.05) is 62.4 Å². The van der Waals surface area contributed by atoms with Crippen molar-refractivity contribution in [3.05, 3.63) is 89.2 Å². The number of carboxylic acids is 1. The number of carbonyl (C=O) groups excluding carboxylic acids is 2. The van der Waals surface area contributed by atoms with E-state index in [-0.39, 0.29) is 30.6 Å². The average Bonchev–Trinajstić information content (AvgIpc) is 3.18. The number of rotatable bonds is 8. The minimum Gasteiger partial charge on any atom is -0.480 e. The third kappa shape index (κ3) is 5.32. The number of carbonyl (C=O) groups is 3. The molecule has 35 heavy (non-hydrogen) atoms. The Labute approximate surface area is 203 Å². The Balaban J connectivity index is 1.34. The van der Waals surface area contributed by atoms with E-state index in [1.54, 1.807) is 13.8 Å². The Hall–Kier alpha value is -4.20. The fourth-order valence-corrected chi connectivity index (χ4v) is 4.27. The summed E-state index contributed by atoms with van der Waals surface area (Å²) in [7, 11) is 0. The van der Waals surface area contributed by atoms with E-state index in [2.05, 4.69) is 39.9 Å². The average molecular weight is 474 g/mol. The molecule has 8 heteroatoms. The van der Waals surface area contributed by atoms with Gasteiger partial charge in [-0.15, -0.1) is 0 Å². The maximum absolute atomic E-state index is 12.5. The lowest BCUT2D eigenvalue weighted by atomic mass is 9.98. The molecule has 0 spiro atoms. The zero-order valence-electron chi connectivity index (χ0n) is 19.5. The van der Waals surface area contributed by atoms with Crippen molar-refractivity contribution in [1.29, 1.82) is 0 Å². The first-order chi connectivity index (χ1) is 16.8. The number of carboxylic acid groups (broad SMARTS) is 1. The van der Waals surface area contributed by atoms with Gasteiger partial charge in [0, 0.05) is 17.7 Å². The van der Waals surface area contributed by atoms with Gasteiger partial charge in [0.2, 0.25) is 0 Å². The zero-order chi connectivity index (χ0) is 24.9. The van der Waals surface area contributed by atoms with Gasteiger partial charge in [0.15, 0.2) is 0 Å². The van der Waals surface area contributed by atoms with Crippen LogP contribution in [0.2, 0.25) is 0 Å². The van der Waals surface area contributed by atoms with Gasteiger partial charge in [-0.25, -0.2) is 9.59 Å². The quantitative estimate of drug-likeness (QED) is 0.456. The third-order valence-electron chi connectivity index (χ3n) is 6.06. The second kappa shape index (κ2) is 10.4. The molecule has 0 fully saturated rings. The summed E-state index contributed by atoms with van der Waals surface area (Å²) >= 11 is 0. The van der Waals surface area contributed by atoms with Gasteiger partial charge in [0.05, 0.1) is 12.2 Å². The highest BCUT2D eigenvalue weighted by Gasteiger charge is 2.29. The Bertz CT molecular complexity index is 1210. The first kappa shape index (κ1) is 23.9. The summed E-state index contributed by atoms with van der Waals surface area (Å²) in [6.07, 6.45) is 0.851. The number of aliphatic carboxylic acids is 1. The first-order valence-corrected chi connectivity index (χ1v) is 11.4. The molecule has 1 aliphatic rings. The van der Waals surface area contributed by atoms with Gasteiger partial charge >= 0.3 is 12.1 Å². The van der Waals surface area contributed by atoms with Crippen LogP contribution in [0.3, 0.4) is 0 Å². The summed E-state index contributed by atoms with van der Waals surface area (Å²) < 4.78 is 5.52. The minimum absolute atomic E-state index is 0.0403. The highest BCUT2D eigenvalue weighted by atomic mass is 16.5. The maximum atomic E-state index is 12.5. The molecule has 180 valence electrons. The molecule has 1 atom stereocenters. The topological polar surface area (TPSA) is 118 Å². The van der Waals surface area contributed by atoms with Crippen LogP contribution in [0.4, 0.5) is 4.79 Å². The molecule has 0 unspecified atom stereocenters. The number of amides is 2. The van der Waals surface area contributed by atoms with E-state index in [9.17, 15) is 19.5 Å². The summed E-state index contributed by atoms with van der Waals surface area (Å²) in [5, 5.41) is 14.5. The monoisotopic (exact) mass is 473 g/mol. The number of hydrogen-bond donors (Lipinski definition) is 3. The molecule has 3 aromatic rings. The largest absolute Gasteiger partial charge is 0.480 e. The first-order valence-electron chi connectivity index (χ1n) is 11.4. The highest BCUT2D eigenvalue weighted by Crippen LogP contribution is 2.44. The molecule has 1 aliphatic carbocycles. The molecule has 1 aromatic heterocycles. The van der Waals surface area contributed by atoms with E-state index < -0.39 is 24.0 Å². The molecule has 0 bridgehead atoms. The van der Waals surface area contributed by atoms with Crippen molar-refractivity contribution in [3.63, 3.8) is 0 Å². The van der Waals surface area contributed by atoms with Crippen molar-refractivity contribution < 1.29 is 24.2 Å². The predicted molar refractivity (Wildman–Crippen MR) is 130 cm³/mol. The number of benzene rings is 2. The van der Waals surface area contributed by atoms with Crippen LogP contribution < -0.4 is 10.6 Å². The van der Waals surface area contributed by atoms with Crippen molar-refractivity contribution in [2.45, 2.75) is 32.4 Å². The molecular formula is C27H27N3O5. The number of aromatic nitrogens is 1. The number of alkyl carbamates (subject to hydrolysis) is 1. The van der Waals surface area contributed by atoms with Gasteiger partial charge in [0.1, 0.15) is 12.6 Å². The number of pyridine rings is 1. The molecule has 0 saturated carbocycles. The number of nitrogens with zero attached hydrogens (tertiary/aromatic N) is 1. The van der Waals surface area contributed by atoms with E-state index in [1.807, 2.05) is 24.3 Å². The zero-order valence-corrected chi connectivity index (χ0v) is 19.5. The fourth-order valence-electron chi connectivity index (χ4n) is 4.27. The van der Waals surface area contributed by atoms with E-state index in [1.165, 1.54) is 18.3 Å². The van der Waals surface area contributed by atoms with Gasteiger partial charge in [-0.2, -0.15) is 0 Å². The van der Waals surface area contributed by atoms with Crippen LogP contribution in [0.15, 0.2) is 66.9 Å². The van der Waals surface area contributed by atoms with Crippen LogP contribution in [0.5, 0.6) is 0 Å². The number of fused-ring (bicyclic) bond motifs is 3. The molecule has 2 amide bonds. The molecule has 2 aromatic carbocycles. The van der Waals surface area contributed by atoms with Crippen molar-refractivity contribution in [1.82, 2.24) is 15.6 Å². The lowest BCUT2D eigenvalue weighted by Gasteiger charge is -2.18. The van der Waals surface area contributed by atoms with Gasteiger partial charge in [-0.3, -0.25) is 9.78 Å². The smallest absolute Gasteiger partial charge is 0.407 e. The van der Waals surface area contributed by atoms with Crippen molar-refractivity contribution in [2.24, 2.45) is 5.92 Å². The van der Waals surface area contributed by atoms with Gasteiger partial charge in [-0.05, 0) is 40.3 Å². The molecule has 4 rings (SSSR count). The normalized spacial score (nSPS) is 13.0. The summed E-state index contributed by atoms with van der Waals surface area (Å²) in [6, 6.07) is 18.2. The molecule has 8 nitrogen and oxygen atoms in total. The molecule has 1 heterocycles. The Morgan fingerprint density at radius 1 is 1.00 bits per heavy atom. The van der Waals surface area contributed by atoms with Gasteiger partial charge < -0.3 is 20.5 Å². The minimum atomic E-state index is -1.10. The fraction of sp³-hybridized carbons (Fsp3) is 0.259. The van der Waals surface area contributed by atoms with Crippen molar-refractivity contribution >= 4 is 18.0 Å². The molecular weight excluding hydrogens is 446 g/mol. The maximum Gasteiger partial charge on any atom is 0.407 e. The molecule has 0 saturated heterocycles. The van der Waals surface area contributed by atoms with Gasteiger partial charge in [0.25, 0.3) is 5.91 Å². The van der Waals surface area contributed by atoms with E-state index in [0.29, 0.717) is 5.69 Å². The molecule has 0 radical (unpaired) electrons. The second-order valence-corrected chi connectivity index (χ2v) is 8.75. The standard InChI is InChI=1S/C27H27N3O5/c1-16(2)24(26(32)33)30-25(31)17-11-12-28-18(13-17)14-29-27(34)35-15-23-21-9-5-3-7-19(21)20-8-4-6-10-22(20)23/h3-13,16,23-24H,14-15H2,1-2H3,(H,29,34)(H,30,31)(H,32,33)/t24-/m0/s1. The summed E-state index contributed by atoms with van der Waals surface area (Å²) in [4.78, 5) is 40.4. The van der Waals surface area contributed by atoms with E-state index >= 15 is 0 Å². The lowest BCUT2D eigenvalue weighted by molar-refractivity contribution is -0.140.